The van der Waals surface area contributed by atoms with Crippen LogP contribution < -0.4 is 0 Å². The Hall–Kier alpha value is -1.69. The number of allylic oxidation sites excluding steroid dienone is 2. The van der Waals surface area contributed by atoms with E-state index in [-0.39, 0.29) is 20.9 Å². The highest BCUT2D eigenvalue weighted by Gasteiger charge is 2.53. The van der Waals surface area contributed by atoms with Crippen LogP contribution in [0, 0.1) is 11.8 Å². The first-order valence-electron chi connectivity index (χ1n) is 19.9. The van der Waals surface area contributed by atoms with Crippen LogP contribution in [-0.2, 0) is 14.9 Å². The van der Waals surface area contributed by atoms with Gasteiger partial charge in [0.15, 0.2) is 16.6 Å². The largest absolute Gasteiger partial charge is 0.454 e. The number of benzene rings is 2. The van der Waals surface area contributed by atoms with E-state index in [2.05, 4.69) is 168 Å². The Bertz CT molecular complexity index is 1140. The maximum Gasteiger partial charge on any atom is 0.182 e. The van der Waals surface area contributed by atoms with E-state index >= 15 is 0 Å². The van der Waals surface area contributed by atoms with Crippen LogP contribution in [0.15, 0.2) is 86.0 Å². The van der Waals surface area contributed by atoms with Gasteiger partial charge in [-0.1, -0.05) is 155 Å². The molecule has 2 aromatic carbocycles. The highest BCUT2D eigenvalue weighted by molar-refractivity contribution is 6.88. The second-order valence-corrected chi connectivity index (χ2v) is 28.2. The van der Waals surface area contributed by atoms with Gasteiger partial charge < -0.3 is 4.12 Å². The van der Waals surface area contributed by atoms with E-state index in [1.54, 1.807) is 0 Å². The van der Waals surface area contributed by atoms with E-state index in [1.165, 1.54) is 74.6 Å². The van der Waals surface area contributed by atoms with Crippen molar-refractivity contribution in [1.82, 2.24) is 0 Å². The summed E-state index contributed by atoms with van der Waals surface area (Å²) in [5.74, 6) is 1.11. The van der Waals surface area contributed by atoms with Crippen molar-refractivity contribution >= 4 is 16.6 Å². The molecule has 0 saturated carbocycles. The summed E-state index contributed by atoms with van der Waals surface area (Å²) in [6, 6.07) is 25.4. The summed E-state index contributed by atoms with van der Waals surface area (Å²) in [5, 5.41) is 0.266. The van der Waals surface area contributed by atoms with Crippen molar-refractivity contribution in [1.29, 1.82) is 0 Å². The fourth-order valence-corrected chi connectivity index (χ4v) is 18.8. The molecule has 0 spiro atoms. The predicted molar refractivity (Wildman–Crippen MR) is 226 cm³/mol. The molecule has 276 valence electrons. The van der Waals surface area contributed by atoms with Gasteiger partial charge in [-0.15, -0.1) is 13.2 Å². The summed E-state index contributed by atoms with van der Waals surface area (Å²) in [7, 11) is -4.49. The summed E-state index contributed by atoms with van der Waals surface area (Å²) >= 11 is 0. The third-order valence-corrected chi connectivity index (χ3v) is 25.5. The first kappa shape index (κ1) is 43.5. The zero-order valence-corrected chi connectivity index (χ0v) is 36.4. The monoisotopic (exact) mass is 703 g/mol. The number of unbranched alkanes of at least 4 members (excludes halogenated alkanes) is 4. The molecule has 0 N–H and O–H groups in total. The molecular weight excluding hydrogens is 625 g/mol. The second kappa shape index (κ2) is 18.7. The highest BCUT2D eigenvalue weighted by atomic mass is 28.4. The van der Waals surface area contributed by atoms with Crippen molar-refractivity contribution in [3.63, 3.8) is 0 Å². The average Bonchev–Trinajstić information content (AvgIpc) is 3.04. The van der Waals surface area contributed by atoms with Crippen molar-refractivity contribution in [2.24, 2.45) is 11.8 Å². The van der Waals surface area contributed by atoms with Gasteiger partial charge in [0, 0.05) is 0 Å². The molecule has 0 radical (unpaired) electrons. The maximum absolute atomic E-state index is 8.11. The number of rotatable bonds is 22. The van der Waals surface area contributed by atoms with Crippen LogP contribution in [0.5, 0.6) is 0 Å². The second-order valence-electron chi connectivity index (χ2n) is 18.5. The molecule has 0 aromatic heterocycles. The van der Waals surface area contributed by atoms with Crippen molar-refractivity contribution in [2.45, 2.75) is 180 Å². The normalized spacial score (nSPS) is 17.6. The zero-order valence-electron chi connectivity index (χ0n) is 34.4. The van der Waals surface area contributed by atoms with Crippen LogP contribution in [0.1, 0.15) is 145 Å². The smallest absolute Gasteiger partial charge is 0.182 e. The van der Waals surface area contributed by atoms with Gasteiger partial charge in [-0.05, 0) is 120 Å². The van der Waals surface area contributed by atoms with Crippen molar-refractivity contribution in [2.75, 3.05) is 0 Å². The molecular formula is C46H78OSi2. The molecule has 2 rings (SSSR count). The van der Waals surface area contributed by atoms with Gasteiger partial charge in [-0.25, -0.2) is 0 Å². The third kappa shape index (κ3) is 11.2. The first-order chi connectivity index (χ1) is 22.8. The van der Waals surface area contributed by atoms with Crippen LogP contribution >= 0.6 is 0 Å². The summed E-state index contributed by atoms with van der Waals surface area (Å²) in [4.78, 5) is 0. The van der Waals surface area contributed by atoms with Gasteiger partial charge in [0.1, 0.15) is 0 Å². The van der Waals surface area contributed by atoms with E-state index in [1.807, 2.05) is 0 Å². The third-order valence-electron chi connectivity index (χ3n) is 13.2. The Morgan fingerprint density at radius 1 is 0.551 bits per heavy atom. The van der Waals surface area contributed by atoms with Gasteiger partial charge in [-0.3, -0.25) is 0 Å². The molecule has 49 heavy (non-hydrogen) atoms. The Kier molecular flexibility index (Phi) is 16.6. The zero-order chi connectivity index (χ0) is 37.0. The van der Waals surface area contributed by atoms with Crippen LogP contribution in [-0.4, -0.2) is 16.6 Å². The lowest BCUT2D eigenvalue weighted by atomic mass is 9.66. The molecule has 4 unspecified atom stereocenters. The lowest BCUT2D eigenvalue weighted by Gasteiger charge is -2.53. The van der Waals surface area contributed by atoms with Gasteiger partial charge in [0.05, 0.1) is 0 Å². The Morgan fingerprint density at radius 3 is 1.14 bits per heavy atom. The minimum absolute atomic E-state index is 0.133. The molecule has 3 heteroatoms. The summed E-state index contributed by atoms with van der Waals surface area (Å²) in [6.45, 7) is 38.0. The summed E-state index contributed by atoms with van der Waals surface area (Å²) in [5.41, 5.74) is 3.34. The van der Waals surface area contributed by atoms with Gasteiger partial charge in [0.25, 0.3) is 0 Å². The van der Waals surface area contributed by atoms with E-state index in [4.69, 9.17) is 4.12 Å². The van der Waals surface area contributed by atoms with Crippen LogP contribution in [0.2, 0.25) is 35.3 Å². The van der Waals surface area contributed by atoms with Crippen molar-refractivity contribution in [3.8, 4) is 0 Å². The average molecular weight is 703 g/mol. The molecule has 2 aromatic rings. The number of hydrogen-bond acceptors (Lipinski definition) is 1. The van der Waals surface area contributed by atoms with Crippen molar-refractivity contribution in [3.05, 3.63) is 97.1 Å². The van der Waals surface area contributed by atoms with Gasteiger partial charge in [-0.2, -0.15) is 0 Å². The number of hydrogen-bond donors (Lipinski definition) is 0. The molecule has 0 bridgehead atoms. The van der Waals surface area contributed by atoms with Gasteiger partial charge in [0.2, 0.25) is 0 Å². The van der Waals surface area contributed by atoms with Crippen LogP contribution in [0.25, 0.3) is 0 Å². The lowest BCUT2D eigenvalue weighted by Crippen LogP contribution is -2.58. The fourth-order valence-electron chi connectivity index (χ4n) is 8.23. The standard InChI is InChI=1S/C46H78OSi2/c1-15-17-19-27-33-45(39(3)4,41-29-23-21-24-30-41)35-37-48(13,43(7,8)9)47-49(14,44(10,11)12)38-36-46(40(5)6,34-28-20-18-16-2)42-31-25-22-26-32-42/h15-16,21-26,29-32,39-40H,1-2,17-20,27-28,33-38H2,3-14H3. The maximum atomic E-state index is 8.11. The molecule has 0 aliphatic heterocycles. The van der Waals surface area contributed by atoms with Crippen LogP contribution in [0.3, 0.4) is 0 Å². The topological polar surface area (TPSA) is 9.23 Å². The molecule has 0 aliphatic carbocycles. The minimum atomic E-state index is -2.24. The summed E-state index contributed by atoms with van der Waals surface area (Å²) < 4.78 is 8.11. The van der Waals surface area contributed by atoms with E-state index in [0.29, 0.717) is 11.8 Å². The molecule has 1 nitrogen and oxygen atoms in total. The minimum Gasteiger partial charge on any atom is -0.454 e. The predicted octanol–water partition coefficient (Wildman–Crippen LogP) is 15.2. The van der Waals surface area contributed by atoms with E-state index in [9.17, 15) is 0 Å². The molecule has 0 aliphatic rings. The highest BCUT2D eigenvalue weighted by Crippen LogP contribution is 2.53. The van der Waals surface area contributed by atoms with E-state index < -0.39 is 16.6 Å². The molecule has 0 heterocycles. The molecule has 0 amide bonds. The Morgan fingerprint density at radius 2 is 0.878 bits per heavy atom. The van der Waals surface area contributed by atoms with Crippen molar-refractivity contribution < 1.29 is 4.12 Å². The quantitative estimate of drug-likeness (QED) is 0.0674. The fraction of sp³-hybridized carbons (Fsp3) is 0.652. The van der Waals surface area contributed by atoms with Gasteiger partial charge >= 0.3 is 0 Å². The summed E-state index contributed by atoms with van der Waals surface area (Å²) in [6.07, 6.45) is 16.1. The first-order valence-corrected chi connectivity index (χ1v) is 25.1. The Labute approximate surface area is 308 Å². The molecule has 0 saturated heterocycles. The Balaban J connectivity index is 2.56. The lowest BCUT2D eigenvalue weighted by molar-refractivity contribution is 0.255. The van der Waals surface area contributed by atoms with E-state index in [0.717, 1.165) is 12.8 Å². The SMILES string of the molecule is C=CCCCCC(CC[Si](C)(O[Si](C)(CCC(CCCCC=C)(c1ccccc1)C(C)C)C(C)(C)C)C(C)(C)C)(c1ccccc1)C(C)C. The van der Waals surface area contributed by atoms with Crippen LogP contribution in [0.4, 0.5) is 0 Å². The molecule has 0 fully saturated rings. The molecule has 4 atom stereocenters.